The van der Waals surface area contributed by atoms with Gasteiger partial charge in [0.1, 0.15) is 12.1 Å². The summed E-state index contributed by atoms with van der Waals surface area (Å²) in [5.74, 6) is -5.29. The highest BCUT2D eigenvalue weighted by Crippen LogP contribution is 2.33. The molecule has 0 spiro atoms. The fraction of sp³-hybridized carbons (Fsp3) is 0.345. The average molecular weight is 520 g/mol. The molecule has 0 aromatic heterocycles. The van der Waals surface area contributed by atoms with E-state index in [0.29, 0.717) is 11.1 Å². The SMILES string of the molecule is CC(=O)N([C@@H](Cc1ccccc1)C(=O)C(=O)O)N1C(=O)C(C(C)C)N(C(=O)C(C)C)C=C1c1ccccc1. The molecule has 2 aromatic carbocycles. The van der Waals surface area contributed by atoms with Gasteiger partial charge < -0.3 is 10.0 Å². The zero-order valence-corrected chi connectivity index (χ0v) is 22.2. The second kappa shape index (κ2) is 11.9. The predicted molar refractivity (Wildman–Crippen MR) is 141 cm³/mol. The first kappa shape index (κ1) is 28.3. The van der Waals surface area contributed by atoms with Crippen molar-refractivity contribution >= 4 is 35.2 Å². The lowest BCUT2D eigenvalue weighted by Crippen LogP contribution is -2.64. The third-order valence-corrected chi connectivity index (χ3v) is 6.32. The Balaban J connectivity index is 2.28. The molecule has 0 saturated heterocycles. The number of carboxylic acids is 1. The highest BCUT2D eigenvalue weighted by molar-refractivity contribution is 6.35. The van der Waals surface area contributed by atoms with Gasteiger partial charge in [0.15, 0.2) is 0 Å². The molecular formula is C29H33N3O6. The van der Waals surface area contributed by atoms with Crippen LogP contribution in [0.3, 0.4) is 0 Å². The van der Waals surface area contributed by atoms with Crippen molar-refractivity contribution in [1.82, 2.24) is 14.9 Å². The van der Waals surface area contributed by atoms with Gasteiger partial charge in [0.25, 0.3) is 11.7 Å². The quantitative estimate of drug-likeness (QED) is 0.508. The summed E-state index contributed by atoms with van der Waals surface area (Å²) in [6, 6.07) is 14.9. The zero-order chi connectivity index (χ0) is 28.1. The van der Waals surface area contributed by atoms with E-state index in [1.165, 1.54) is 18.0 Å². The number of Topliss-reactive ketones (excluding diaryl/α,β-unsaturated/α-hetero) is 1. The molecule has 0 saturated carbocycles. The predicted octanol–water partition coefficient (Wildman–Crippen LogP) is 3.36. The Bertz CT molecular complexity index is 1240. The first-order valence-corrected chi connectivity index (χ1v) is 12.5. The molecule has 2 aromatic rings. The van der Waals surface area contributed by atoms with E-state index in [1.807, 2.05) is 0 Å². The van der Waals surface area contributed by atoms with Crippen LogP contribution in [0, 0.1) is 11.8 Å². The topological polar surface area (TPSA) is 115 Å². The van der Waals surface area contributed by atoms with Crippen molar-refractivity contribution in [1.29, 1.82) is 0 Å². The molecule has 9 nitrogen and oxygen atoms in total. The minimum absolute atomic E-state index is 0.127. The van der Waals surface area contributed by atoms with Gasteiger partial charge in [-0.25, -0.2) is 14.8 Å². The molecule has 1 N–H and O–H groups in total. The molecule has 38 heavy (non-hydrogen) atoms. The van der Waals surface area contributed by atoms with Crippen LogP contribution in [0.25, 0.3) is 5.70 Å². The largest absolute Gasteiger partial charge is 0.475 e. The van der Waals surface area contributed by atoms with Crippen molar-refractivity contribution in [2.24, 2.45) is 11.8 Å². The second-order valence-electron chi connectivity index (χ2n) is 9.86. The summed E-state index contributed by atoms with van der Waals surface area (Å²) >= 11 is 0. The summed E-state index contributed by atoms with van der Waals surface area (Å²) in [7, 11) is 0. The Hall–Kier alpha value is -4.27. The number of nitrogens with zero attached hydrogens (tertiary/aromatic N) is 3. The van der Waals surface area contributed by atoms with Crippen LogP contribution in [-0.2, 0) is 30.4 Å². The van der Waals surface area contributed by atoms with E-state index in [0.717, 1.165) is 10.0 Å². The summed E-state index contributed by atoms with van der Waals surface area (Å²) in [4.78, 5) is 67.0. The van der Waals surface area contributed by atoms with Crippen molar-refractivity contribution in [2.75, 3.05) is 0 Å². The molecule has 0 radical (unpaired) electrons. The van der Waals surface area contributed by atoms with Crippen molar-refractivity contribution in [3.8, 4) is 0 Å². The van der Waals surface area contributed by atoms with Crippen LogP contribution in [0.1, 0.15) is 45.7 Å². The normalized spacial score (nSPS) is 16.3. The van der Waals surface area contributed by atoms with Gasteiger partial charge in [0.2, 0.25) is 11.8 Å². The Kier molecular flexibility index (Phi) is 8.83. The van der Waals surface area contributed by atoms with Crippen molar-refractivity contribution in [3.05, 3.63) is 78.0 Å². The van der Waals surface area contributed by atoms with Crippen molar-refractivity contribution < 1.29 is 29.1 Å². The molecule has 3 amide bonds. The molecule has 0 fully saturated rings. The van der Waals surface area contributed by atoms with E-state index in [-0.39, 0.29) is 23.9 Å². The lowest BCUT2D eigenvalue weighted by Gasteiger charge is -2.47. The van der Waals surface area contributed by atoms with Gasteiger partial charge >= 0.3 is 5.97 Å². The fourth-order valence-corrected chi connectivity index (χ4v) is 4.53. The Morgan fingerprint density at radius 3 is 1.95 bits per heavy atom. The molecular weight excluding hydrogens is 486 g/mol. The molecule has 2 atom stereocenters. The first-order chi connectivity index (χ1) is 18.0. The lowest BCUT2D eigenvalue weighted by atomic mass is 9.96. The van der Waals surface area contributed by atoms with Gasteiger partial charge in [-0.3, -0.25) is 19.2 Å². The van der Waals surface area contributed by atoms with Gasteiger partial charge in [-0.1, -0.05) is 88.4 Å². The number of hydrazine groups is 1. The van der Waals surface area contributed by atoms with Crippen LogP contribution in [-0.4, -0.2) is 61.6 Å². The molecule has 1 unspecified atom stereocenters. The number of carbonyl (C=O) groups is 5. The maximum atomic E-state index is 14.2. The third kappa shape index (κ3) is 5.82. The van der Waals surface area contributed by atoms with Gasteiger partial charge in [-0.05, 0) is 11.5 Å². The minimum Gasteiger partial charge on any atom is -0.475 e. The number of aliphatic carboxylic acids is 1. The highest BCUT2D eigenvalue weighted by Gasteiger charge is 2.47. The first-order valence-electron chi connectivity index (χ1n) is 12.5. The van der Waals surface area contributed by atoms with Crippen LogP contribution in [0.2, 0.25) is 0 Å². The van der Waals surface area contributed by atoms with Crippen LogP contribution in [0.4, 0.5) is 0 Å². The number of ketones is 1. The molecule has 3 rings (SSSR count). The van der Waals surface area contributed by atoms with Gasteiger partial charge in [-0.15, -0.1) is 0 Å². The van der Waals surface area contributed by atoms with E-state index in [4.69, 9.17) is 0 Å². The standard InChI is InChI=1S/C29H33N3O6/c1-18(2)25-28(36)32(24(22-14-10-7-11-15-22)17-30(25)27(35)19(3)4)31(20(5)33)23(26(34)29(37)38)16-21-12-8-6-9-13-21/h6-15,17-19,23,25H,16H2,1-5H3,(H,37,38)/t23-,25?/m0/s1. The van der Waals surface area contributed by atoms with Crippen LogP contribution in [0.5, 0.6) is 0 Å². The summed E-state index contributed by atoms with van der Waals surface area (Å²) in [6.07, 6.45) is 1.39. The van der Waals surface area contributed by atoms with Gasteiger partial charge in [0, 0.05) is 31.0 Å². The Labute approximate surface area is 222 Å². The number of carboxylic acid groups (broad SMARTS) is 1. The van der Waals surface area contributed by atoms with Crippen LogP contribution >= 0.6 is 0 Å². The lowest BCUT2D eigenvalue weighted by molar-refractivity contribution is -0.171. The molecule has 9 heteroatoms. The van der Waals surface area contributed by atoms with Crippen molar-refractivity contribution in [2.45, 2.75) is 53.1 Å². The van der Waals surface area contributed by atoms with Crippen molar-refractivity contribution in [3.63, 3.8) is 0 Å². The number of hydrogen-bond acceptors (Lipinski definition) is 5. The molecule has 1 aliphatic rings. The summed E-state index contributed by atoms with van der Waals surface area (Å²) < 4.78 is 0. The maximum Gasteiger partial charge on any atom is 0.374 e. The smallest absolute Gasteiger partial charge is 0.374 e. The number of hydrogen-bond donors (Lipinski definition) is 1. The minimum atomic E-state index is -1.72. The van der Waals surface area contributed by atoms with E-state index < -0.39 is 41.6 Å². The Morgan fingerprint density at radius 1 is 0.921 bits per heavy atom. The number of carbonyl (C=O) groups excluding carboxylic acids is 4. The van der Waals surface area contributed by atoms with Gasteiger partial charge in [0.05, 0.1) is 5.70 Å². The summed E-state index contributed by atoms with van der Waals surface area (Å²) in [5.41, 5.74) is 1.31. The number of benzene rings is 2. The number of amides is 3. The molecule has 0 bridgehead atoms. The van der Waals surface area contributed by atoms with E-state index in [9.17, 15) is 29.1 Å². The van der Waals surface area contributed by atoms with E-state index >= 15 is 0 Å². The molecule has 1 heterocycles. The second-order valence-corrected chi connectivity index (χ2v) is 9.86. The third-order valence-electron chi connectivity index (χ3n) is 6.32. The summed E-state index contributed by atoms with van der Waals surface area (Å²) in [5, 5.41) is 11.7. The van der Waals surface area contributed by atoms with E-state index in [1.54, 1.807) is 88.4 Å². The van der Waals surface area contributed by atoms with Crippen LogP contribution < -0.4 is 0 Å². The zero-order valence-electron chi connectivity index (χ0n) is 22.2. The highest BCUT2D eigenvalue weighted by atomic mass is 16.4. The fourth-order valence-electron chi connectivity index (χ4n) is 4.53. The number of rotatable bonds is 9. The summed E-state index contributed by atoms with van der Waals surface area (Å²) in [6.45, 7) is 8.21. The van der Waals surface area contributed by atoms with Gasteiger partial charge in [-0.2, -0.15) is 0 Å². The van der Waals surface area contributed by atoms with E-state index in [2.05, 4.69) is 0 Å². The maximum absolute atomic E-state index is 14.2. The molecule has 0 aliphatic carbocycles. The average Bonchev–Trinajstić information content (AvgIpc) is 2.88. The molecule has 200 valence electrons. The molecule has 1 aliphatic heterocycles. The monoisotopic (exact) mass is 519 g/mol. The Morgan fingerprint density at radius 2 is 1.47 bits per heavy atom. The van der Waals surface area contributed by atoms with Crippen LogP contribution in [0.15, 0.2) is 66.9 Å².